The highest BCUT2D eigenvalue weighted by molar-refractivity contribution is 7.90. The van der Waals surface area contributed by atoms with Crippen LogP contribution in [0.4, 0.5) is 0 Å². The van der Waals surface area contributed by atoms with Crippen molar-refractivity contribution in [2.45, 2.75) is 63.3 Å². The summed E-state index contributed by atoms with van der Waals surface area (Å²) in [7, 11) is -3.10. The predicted molar refractivity (Wildman–Crippen MR) is 80.1 cm³/mol. The second kappa shape index (κ2) is 6.72. The van der Waals surface area contributed by atoms with Crippen LogP contribution in [0.5, 0.6) is 0 Å². The van der Waals surface area contributed by atoms with E-state index in [0.29, 0.717) is 18.2 Å². The predicted octanol–water partition coefficient (Wildman–Crippen LogP) is 2.04. The largest absolute Gasteiger partial charge is 0.328 e. The summed E-state index contributed by atoms with van der Waals surface area (Å²) in [6.45, 7) is 1.83. The first-order chi connectivity index (χ1) is 9.46. The normalized spacial score (nSPS) is 19.1. The fourth-order valence-corrected chi connectivity index (χ4v) is 4.15. The van der Waals surface area contributed by atoms with E-state index >= 15 is 0 Å². The monoisotopic (exact) mass is 299 g/mol. The zero-order valence-electron chi connectivity index (χ0n) is 12.2. The van der Waals surface area contributed by atoms with Crippen LogP contribution in [0.3, 0.4) is 0 Å². The minimum Gasteiger partial charge on any atom is -0.328 e. The summed E-state index contributed by atoms with van der Waals surface area (Å²) in [6.07, 6.45) is 8.52. The van der Waals surface area contributed by atoms with Crippen LogP contribution in [0.1, 0.15) is 57.2 Å². The molecule has 0 aromatic carbocycles. The molecule has 2 N–H and O–H groups in total. The molecule has 5 nitrogen and oxygen atoms in total. The van der Waals surface area contributed by atoms with Crippen LogP contribution in [0.25, 0.3) is 0 Å². The average molecular weight is 299 g/mol. The molecule has 1 heterocycles. The molecule has 1 aliphatic rings. The second-order valence-electron chi connectivity index (χ2n) is 5.94. The van der Waals surface area contributed by atoms with E-state index in [0.717, 1.165) is 12.8 Å². The molecule has 1 fully saturated rings. The average Bonchev–Trinajstić information content (AvgIpc) is 2.85. The molecule has 0 aliphatic heterocycles. The zero-order valence-corrected chi connectivity index (χ0v) is 13.0. The standard InChI is InChI=1S/C14H25N3O2S/c1-12(15)8-10-20(18,19)11-13-7-9-17(16-13)14-5-3-2-4-6-14/h7,9,12,14H,2-6,8,10-11,15H2,1H3. The lowest BCUT2D eigenvalue weighted by atomic mass is 9.96. The number of sulfone groups is 1. The molecule has 1 aromatic heterocycles. The third-order valence-electron chi connectivity index (χ3n) is 3.86. The first-order valence-corrected chi connectivity index (χ1v) is 9.28. The van der Waals surface area contributed by atoms with Gasteiger partial charge in [-0.05, 0) is 32.3 Å². The van der Waals surface area contributed by atoms with Gasteiger partial charge in [0.15, 0.2) is 9.84 Å². The van der Waals surface area contributed by atoms with E-state index in [2.05, 4.69) is 5.10 Å². The van der Waals surface area contributed by atoms with E-state index in [-0.39, 0.29) is 17.5 Å². The number of hydrogen-bond acceptors (Lipinski definition) is 4. The maximum absolute atomic E-state index is 12.0. The highest BCUT2D eigenvalue weighted by Crippen LogP contribution is 2.27. The second-order valence-corrected chi connectivity index (χ2v) is 8.12. The fraction of sp³-hybridized carbons (Fsp3) is 0.786. The van der Waals surface area contributed by atoms with Crippen LogP contribution in [0, 0.1) is 0 Å². The molecule has 0 radical (unpaired) electrons. The summed E-state index contributed by atoms with van der Waals surface area (Å²) in [5.74, 6) is 0.167. The Labute approximate surface area is 121 Å². The van der Waals surface area contributed by atoms with Crippen molar-refractivity contribution in [3.8, 4) is 0 Å². The smallest absolute Gasteiger partial charge is 0.156 e. The summed E-state index contributed by atoms with van der Waals surface area (Å²) in [6, 6.07) is 2.20. The molecule has 1 aromatic rings. The van der Waals surface area contributed by atoms with Crippen LogP contribution >= 0.6 is 0 Å². The molecular weight excluding hydrogens is 274 g/mol. The third kappa shape index (κ3) is 4.59. The first kappa shape index (κ1) is 15.5. The van der Waals surface area contributed by atoms with Crippen LogP contribution in [-0.2, 0) is 15.6 Å². The Morgan fingerprint density at radius 1 is 1.40 bits per heavy atom. The van der Waals surface area contributed by atoms with Crippen LogP contribution < -0.4 is 5.73 Å². The van der Waals surface area contributed by atoms with Crippen molar-refractivity contribution in [1.82, 2.24) is 9.78 Å². The van der Waals surface area contributed by atoms with Gasteiger partial charge in [-0.25, -0.2) is 8.42 Å². The van der Waals surface area contributed by atoms with Gasteiger partial charge < -0.3 is 5.73 Å². The molecule has 6 heteroatoms. The maximum Gasteiger partial charge on any atom is 0.156 e. The topological polar surface area (TPSA) is 78.0 Å². The van der Waals surface area contributed by atoms with Crippen molar-refractivity contribution in [2.75, 3.05) is 5.75 Å². The van der Waals surface area contributed by atoms with E-state index in [9.17, 15) is 8.42 Å². The van der Waals surface area contributed by atoms with Crippen molar-refractivity contribution in [3.05, 3.63) is 18.0 Å². The van der Waals surface area contributed by atoms with Crippen molar-refractivity contribution < 1.29 is 8.42 Å². The SMILES string of the molecule is CC(N)CCS(=O)(=O)Cc1ccn(C2CCCCC2)n1. The van der Waals surface area contributed by atoms with Crippen LogP contribution in [0.2, 0.25) is 0 Å². The summed E-state index contributed by atoms with van der Waals surface area (Å²) in [4.78, 5) is 0. The van der Waals surface area contributed by atoms with Gasteiger partial charge in [0.1, 0.15) is 0 Å². The molecule has 0 bridgehead atoms. The van der Waals surface area contributed by atoms with Gasteiger partial charge in [-0.15, -0.1) is 0 Å². The number of nitrogens with two attached hydrogens (primary N) is 1. The zero-order chi connectivity index (χ0) is 14.6. The fourth-order valence-electron chi connectivity index (χ4n) is 2.67. The Kier molecular flexibility index (Phi) is 5.21. The van der Waals surface area contributed by atoms with Gasteiger partial charge in [-0.3, -0.25) is 4.68 Å². The van der Waals surface area contributed by atoms with E-state index in [1.807, 2.05) is 23.9 Å². The molecule has 1 atom stereocenters. The van der Waals surface area contributed by atoms with Crippen LogP contribution in [-0.4, -0.2) is 30.0 Å². The van der Waals surface area contributed by atoms with Crippen molar-refractivity contribution in [3.63, 3.8) is 0 Å². The maximum atomic E-state index is 12.0. The van der Waals surface area contributed by atoms with Crippen molar-refractivity contribution in [1.29, 1.82) is 0 Å². The van der Waals surface area contributed by atoms with Gasteiger partial charge in [0.05, 0.1) is 23.2 Å². The van der Waals surface area contributed by atoms with Gasteiger partial charge in [-0.1, -0.05) is 19.3 Å². The summed E-state index contributed by atoms with van der Waals surface area (Å²) >= 11 is 0. The lowest BCUT2D eigenvalue weighted by Gasteiger charge is -2.21. The van der Waals surface area contributed by atoms with Crippen molar-refractivity contribution in [2.24, 2.45) is 5.73 Å². The summed E-state index contributed by atoms with van der Waals surface area (Å²) < 4.78 is 25.9. The Morgan fingerprint density at radius 3 is 2.75 bits per heavy atom. The highest BCUT2D eigenvalue weighted by atomic mass is 32.2. The molecule has 114 valence electrons. The number of nitrogens with zero attached hydrogens (tertiary/aromatic N) is 2. The lowest BCUT2D eigenvalue weighted by molar-refractivity contribution is 0.328. The quantitative estimate of drug-likeness (QED) is 0.872. The lowest BCUT2D eigenvalue weighted by Crippen LogP contribution is -2.21. The van der Waals surface area contributed by atoms with Gasteiger partial charge in [0, 0.05) is 12.2 Å². The Morgan fingerprint density at radius 2 is 2.10 bits per heavy atom. The molecule has 1 unspecified atom stereocenters. The highest BCUT2D eigenvalue weighted by Gasteiger charge is 2.18. The molecule has 0 amide bonds. The third-order valence-corrected chi connectivity index (χ3v) is 5.46. The van der Waals surface area contributed by atoms with Gasteiger partial charge in [0.2, 0.25) is 0 Å². The van der Waals surface area contributed by atoms with E-state index in [1.165, 1.54) is 19.3 Å². The Bertz CT molecular complexity index is 516. The minimum absolute atomic E-state index is 0.0272. The van der Waals surface area contributed by atoms with Gasteiger partial charge in [0.25, 0.3) is 0 Å². The molecule has 2 rings (SSSR count). The Hall–Kier alpha value is -0.880. The Balaban J connectivity index is 1.95. The molecule has 1 aliphatic carbocycles. The molecule has 0 saturated heterocycles. The number of aromatic nitrogens is 2. The molecule has 1 saturated carbocycles. The van der Waals surface area contributed by atoms with Crippen molar-refractivity contribution >= 4 is 9.84 Å². The van der Waals surface area contributed by atoms with Crippen LogP contribution in [0.15, 0.2) is 12.3 Å². The summed E-state index contributed by atoms with van der Waals surface area (Å²) in [5, 5.41) is 4.45. The van der Waals surface area contributed by atoms with Gasteiger partial charge in [-0.2, -0.15) is 5.10 Å². The molecule has 0 spiro atoms. The molecular formula is C14H25N3O2S. The van der Waals surface area contributed by atoms with Gasteiger partial charge >= 0.3 is 0 Å². The number of rotatable bonds is 6. The van der Waals surface area contributed by atoms with E-state index in [4.69, 9.17) is 5.73 Å². The van der Waals surface area contributed by atoms with E-state index in [1.54, 1.807) is 0 Å². The molecule has 20 heavy (non-hydrogen) atoms. The first-order valence-electron chi connectivity index (χ1n) is 7.46. The summed E-state index contributed by atoms with van der Waals surface area (Å²) in [5.41, 5.74) is 6.26. The van der Waals surface area contributed by atoms with E-state index < -0.39 is 9.84 Å². The number of hydrogen-bond donors (Lipinski definition) is 1. The minimum atomic E-state index is -3.10.